The molecule has 0 unspecified atom stereocenters. The maximum atomic E-state index is 12.7. The van der Waals surface area contributed by atoms with Crippen LogP contribution in [-0.2, 0) is 13.0 Å². The molecule has 29 heavy (non-hydrogen) atoms. The molecule has 1 heterocycles. The van der Waals surface area contributed by atoms with Crippen LogP contribution in [0.5, 0.6) is 5.75 Å². The molecule has 146 valence electrons. The van der Waals surface area contributed by atoms with Crippen LogP contribution in [-0.4, -0.2) is 12.9 Å². The van der Waals surface area contributed by atoms with Crippen molar-refractivity contribution in [3.63, 3.8) is 0 Å². The summed E-state index contributed by atoms with van der Waals surface area (Å²) in [6.07, 6.45) is -3.86. The molecule has 1 aliphatic rings. The quantitative estimate of drug-likeness (QED) is 0.530. The Labute approximate surface area is 167 Å². The minimum atomic E-state index is -4.74. The molecular formula is C24H18F3NO. The normalized spacial score (nSPS) is 13.3. The summed E-state index contributed by atoms with van der Waals surface area (Å²) in [6.45, 7) is 1.46. The SMILES string of the molecule is FC(F)(F)Oc1ccc(N2CCc3ccccc3C2)c(C#Cc2ccccc2)c1. The van der Waals surface area contributed by atoms with Crippen molar-refractivity contribution in [3.8, 4) is 17.6 Å². The Morgan fingerprint density at radius 2 is 1.55 bits per heavy atom. The molecule has 0 radical (unpaired) electrons. The molecule has 0 aliphatic carbocycles. The van der Waals surface area contributed by atoms with Gasteiger partial charge in [-0.15, -0.1) is 13.2 Å². The van der Waals surface area contributed by atoms with Crippen LogP contribution < -0.4 is 9.64 Å². The molecule has 4 rings (SSSR count). The fraction of sp³-hybridized carbons (Fsp3) is 0.167. The van der Waals surface area contributed by atoms with E-state index in [-0.39, 0.29) is 5.75 Å². The highest BCUT2D eigenvalue weighted by molar-refractivity contribution is 5.65. The number of hydrogen-bond donors (Lipinski definition) is 0. The first-order valence-corrected chi connectivity index (χ1v) is 9.26. The number of anilines is 1. The highest BCUT2D eigenvalue weighted by Crippen LogP contribution is 2.31. The monoisotopic (exact) mass is 393 g/mol. The van der Waals surface area contributed by atoms with Gasteiger partial charge in [0, 0.05) is 18.7 Å². The number of fused-ring (bicyclic) bond motifs is 1. The Bertz CT molecular complexity index is 1060. The Hall–Kier alpha value is -3.39. The van der Waals surface area contributed by atoms with Gasteiger partial charge < -0.3 is 9.64 Å². The van der Waals surface area contributed by atoms with Crippen LogP contribution >= 0.6 is 0 Å². The first kappa shape index (κ1) is 18.9. The summed E-state index contributed by atoms with van der Waals surface area (Å²) in [6, 6.07) is 21.9. The smallest absolute Gasteiger partial charge is 0.406 e. The molecule has 0 fully saturated rings. The van der Waals surface area contributed by atoms with E-state index in [1.54, 1.807) is 6.07 Å². The van der Waals surface area contributed by atoms with Crippen LogP contribution in [0.1, 0.15) is 22.3 Å². The van der Waals surface area contributed by atoms with E-state index in [2.05, 4.69) is 33.6 Å². The Morgan fingerprint density at radius 1 is 0.828 bits per heavy atom. The molecule has 0 spiro atoms. The summed E-state index contributed by atoms with van der Waals surface area (Å²) in [7, 11) is 0. The van der Waals surface area contributed by atoms with Crippen LogP contribution in [0.4, 0.5) is 18.9 Å². The van der Waals surface area contributed by atoms with Crippen molar-refractivity contribution < 1.29 is 17.9 Å². The van der Waals surface area contributed by atoms with Gasteiger partial charge in [0.05, 0.1) is 11.3 Å². The van der Waals surface area contributed by atoms with E-state index in [1.165, 1.54) is 23.3 Å². The highest BCUT2D eigenvalue weighted by Gasteiger charge is 2.31. The molecular weight excluding hydrogens is 375 g/mol. The number of hydrogen-bond acceptors (Lipinski definition) is 2. The summed E-state index contributed by atoms with van der Waals surface area (Å²) in [4.78, 5) is 2.15. The summed E-state index contributed by atoms with van der Waals surface area (Å²) in [5.74, 6) is 5.81. The molecule has 3 aromatic carbocycles. The third-order valence-corrected chi connectivity index (χ3v) is 4.79. The molecule has 2 nitrogen and oxygen atoms in total. The predicted octanol–water partition coefficient (Wildman–Crippen LogP) is 5.55. The van der Waals surface area contributed by atoms with Gasteiger partial charge in [-0.3, -0.25) is 0 Å². The third kappa shape index (κ3) is 4.72. The summed E-state index contributed by atoms with van der Waals surface area (Å²) >= 11 is 0. The average molecular weight is 393 g/mol. The van der Waals surface area contributed by atoms with E-state index in [0.29, 0.717) is 12.1 Å². The summed E-state index contributed by atoms with van der Waals surface area (Å²) in [5.41, 5.74) is 4.63. The van der Waals surface area contributed by atoms with Crippen molar-refractivity contribution in [3.05, 3.63) is 95.1 Å². The minimum Gasteiger partial charge on any atom is -0.406 e. The fourth-order valence-electron chi connectivity index (χ4n) is 3.45. The second-order valence-electron chi connectivity index (χ2n) is 6.78. The molecule has 0 N–H and O–H groups in total. The van der Waals surface area contributed by atoms with Crippen molar-refractivity contribution in [2.24, 2.45) is 0 Å². The van der Waals surface area contributed by atoms with Gasteiger partial charge in [0.15, 0.2) is 0 Å². The first-order chi connectivity index (χ1) is 14.0. The van der Waals surface area contributed by atoms with Crippen LogP contribution in [0.15, 0.2) is 72.8 Å². The molecule has 1 aliphatic heterocycles. The van der Waals surface area contributed by atoms with E-state index < -0.39 is 6.36 Å². The Kier molecular flexibility index (Phi) is 5.18. The summed E-state index contributed by atoms with van der Waals surface area (Å²) in [5, 5.41) is 0. The molecule has 3 aromatic rings. The van der Waals surface area contributed by atoms with E-state index in [0.717, 1.165) is 24.2 Å². The zero-order valence-corrected chi connectivity index (χ0v) is 15.5. The Morgan fingerprint density at radius 3 is 2.31 bits per heavy atom. The molecule has 0 saturated carbocycles. The van der Waals surface area contributed by atoms with Crippen LogP contribution in [0.2, 0.25) is 0 Å². The number of alkyl halides is 3. The first-order valence-electron chi connectivity index (χ1n) is 9.26. The van der Waals surface area contributed by atoms with Crippen molar-refractivity contribution in [1.29, 1.82) is 0 Å². The van der Waals surface area contributed by atoms with Crippen molar-refractivity contribution in [2.45, 2.75) is 19.3 Å². The average Bonchev–Trinajstić information content (AvgIpc) is 2.72. The number of benzene rings is 3. The second-order valence-corrected chi connectivity index (χ2v) is 6.78. The van der Waals surface area contributed by atoms with Crippen LogP contribution in [0.25, 0.3) is 0 Å². The van der Waals surface area contributed by atoms with Gasteiger partial charge in [-0.25, -0.2) is 0 Å². The maximum absolute atomic E-state index is 12.7. The number of rotatable bonds is 2. The van der Waals surface area contributed by atoms with Gasteiger partial charge in [-0.05, 0) is 47.9 Å². The second kappa shape index (κ2) is 7.92. The van der Waals surface area contributed by atoms with Gasteiger partial charge >= 0.3 is 6.36 Å². The molecule has 0 bridgehead atoms. The standard InChI is InChI=1S/C24H18F3NO/c25-24(26,27)29-22-12-13-23(20(16-22)11-10-18-6-2-1-3-7-18)28-15-14-19-8-4-5-9-21(19)17-28/h1-9,12-13,16H,14-15,17H2. The van der Waals surface area contributed by atoms with Gasteiger partial charge in [-0.1, -0.05) is 54.3 Å². The third-order valence-electron chi connectivity index (χ3n) is 4.79. The Balaban J connectivity index is 1.70. The van der Waals surface area contributed by atoms with Gasteiger partial charge in [0.25, 0.3) is 0 Å². The molecule has 5 heteroatoms. The lowest BCUT2D eigenvalue weighted by atomic mass is 9.98. The maximum Gasteiger partial charge on any atom is 0.573 e. The molecule has 0 amide bonds. The summed E-state index contributed by atoms with van der Waals surface area (Å²) < 4.78 is 42.1. The zero-order valence-electron chi connectivity index (χ0n) is 15.5. The highest BCUT2D eigenvalue weighted by atomic mass is 19.4. The molecule has 0 aromatic heterocycles. The topological polar surface area (TPSA) is 12.5 Å². The van der Waals surface area contributed by atoms with E-state index in [1.807, 2.05) is 42.5 Å². The lowest BCUT2D eigenvalue weighted by Crippen LogP contribution is -2.30. The van der Waals surface area contributed by atoms with Crippen molar-refractivity contribution in [1.82, 2.24) is 0 Å². The van der Waals surface area contributed by atoms with Gasteiger partial charge in [-0.2, -0.15) is 0 Å². The van der Waals surface area contributed by atoms with E-state index in [4.69, 9.17) is 0 Å². The van der Waals surface area contributed by atoms with Gasteiger partial charge in [0.1, 0.15) is 5.75 Å². The van der Waals surface area contributed by atoms with Crippen LogP contribution in [0, 0.1) is 11.8 Å². The van der Waals surface area contributed by atoms with Crippen molar-refractivity contribution >= 4 is 5.69 Å². The lowest BCUT2D eigenvalue weighted by molar-refractivity contribution is -0.274. The zero-order chi connectivity index (χ0) is 20.3. The largest absolute Gasteiger partial charge is 0.573 e. The fourth-order valence-corrected chi connectivity index (χ4v) is 3.45. The van der Waals surface area contributed by atoms with Gasteiger partial charge in [0.2, 0.25) is 0 Å². The lowest BCUT2D eigenvalue weighted by Gasteiger charge is -2.31. The number of ether oxygens (including phenoxy) is 1. The van der Waals surface area contributed by atoms with Crippen LogP contribution in [0.3, 0.4) is 0 Å². The molecule has 0 atom stereocenters. The minimum absolute atomic E-state index is 0.268. The number of halogens is 3. The van der Waals surface area contributed by atoms with E-state index >= 15 is 0 Å². The van der Waals surface area contributed by atoms with E-state index in [9.17, 15) is 13.2 Å². The number of nitrogens with zero attached hydrogens (tertiary/aromatic N) is 1. The predicted molar refractivity (Wildman–Crippen MR) is 107 cm³/mol. The molecule has 0 saturated heterocycles. The van der Waals surface area contributed by atoms with Crippen molar-refractivity contribution in [2.75, 3.05) is 11.4 Å².